The molecule has 0 aromatic rings. The van der Waals surface area contributed by atoms with Crippen molar-refractivity contribution in [3.05, 3.63) is 0 Å². The first-order valence-corrected chi connectivity index (χ1v) is 10.3. The minimum absolute atomic E-state index is 0.140. The third-order valence-electron chi connectivity index (χ3n) is 4.69. The molecule has 0 saturated heterocycles. The van der Waals surface area contributed by atoms with Crippen molar-refractivity contribution < 1.29 is 34.5 Å². The average molecular weight is 448 g/mol. The first kappa shape index (κ1) is 28.7. The van der Waals surface area contributed by atoms with Crippen molar-refractivity contribution in [1.29, 1.82) is 0 Å². The zero-order valence-electron chi connectivity index (χ0n) is 18.5. The molecule has 0 bridgehead atoms. The Bertz CT molecular complexity index is 612. The van der Waals surface area contributed by atoms with Gasteiger partial charge in [-0.1, -0.05) is 13.8 Å². The molecule has 0 aliphatic carbocycles. The van der Waals surface area contributed by atoms with Gasteiger partial charge in [-0.3, -0.25) is 14.4 Å². The highest BCUT2D eigenvalue weighted by Gasteiger charge is 2.34. The average Bonchev–Trinajstić information content (AvgIpc) is 2.67. The molecule has 31 heavy (non-hydrogen) atoms. The van der Waals surface area contributed by atoms with E-state index in [4.69, 9.17) is 11.5 Å². The summed E-state index contributed by atoms with van der Waals surface area (Å²) in [5.41, 5.74) is 11.0. The first-order valence-electron chi connectivity index (χ1n) is 10.3. The molecule has 180 valence electrons. The Hall–Kier alpha value is -2.28. The number of aliphatic carboxylic acids is 1. The van der Waals surface area contributed by atoms with Gasteiger partial charge in [-0.05, 0) is 45.6 Å². The predicted molar refractivity (Wildman–Crippen MR) is 113 cm³/mol. The Balaban J connectivity index is 5.30. The zero-order valence-corrected chi connectivity index (χ0v) is 18.5. The van der Waals surface area contributed by atoms with Crippen molar-refractivity contribution in [1.82, 2.24) is 16.0 Å². The summed E-state index contributed by atoms with van der Waals surface area (Å²) >= 11 is 0. The Morgan fingerprint density at radius 2 is 1.32 bits per heavy atom. The van der Waals surface area contributed by atoms with Crippen LogP contribution in [-0.4, -0.2) is 81.9 Å². The normalized spacial score (nSPS) is 17.1. The number of carbonyl (C=O) groups is 4. The van der Waals surface area contributed by atoms with E-state index in [0.29, 0.717) is 19.4 Å². The lowest BCUT2D eigenvalue weighted by Gasteiger charge is -2.28. The second kappa shape index (κ2) is 13.9. The molecule has 0 aromatic carbocycles. The van der Waals surface area contributed by atoms with E-state index >= 15 is 0 Å². The van der Waals surface area contributed by atoms with Gasteiger partial charge in [0, 0.05) is 0 Å². The number of aliphatic hydroxyl groups is 2. The van der Waals surface area contributed by atoms with Gasteiger partial charge < -0.3 is 42.7 Å². The second-order valence-electron chi connectivity index (χ2n) is 7.91. The minimum Gasteiger partial charge on any atom is -0.480 e. The molecular weight excluding hydrogens is 410 g/mol. The Labute approximate surface area is 182 Å². The van der Waals surface area contributed by atoms with Gasteiger partial charge in [-0.25, -0.2) is 4.79 Å². The Kier molecular flexibility index (Phi) is 12.9. The highest BCUT2D eigenvalue weighted by atomic mass is 16.4. The number of carboxylic acid groups (broad SMARTS) is 1. The maximum absolute atomic E-state index is 12.7. The van der Waals surface area contributed by atoms with Gasteiger partial charge >= 0.3 is 5.97 Å². The molecule has 12 heteroatoms. The van der Waals surface area contributed by atoms with Crippen molar-refractivity contribution in [2.45, 2.75) is 83.3 Å². The third kappa shape index (κ3) is 10.0. The summed E-state index contributed by atoms with van der Waals surface area (Å²) in [4.78, 5) is 48.8. The van der Waals surface area contributed by atoms with Crippen LogP contribution in [0, 0.1) is 5.92 Å². The van der Waals surface area contributed by atoms with E-state index in [0.717, 1.165) is 0 Å². The molecule has 12 nitrogen and oxygen atoms in total. The molecule has 0 heterocycles. The quantitative estimate of drug-likeness (QED) is 0.131. The fraction of sp³-hybridized carbons (Fsp3) is 0.789. The summed E-state index contributed by atoms with van der Waals surface area (Å²) in [7, 11) is 0. The lowest BCUT2D eigenvalue weighted by molar-refractivity contribution is -0.143. The monoisotopic (exact) mass is 447 g/mol. The lowest BCUT2D eigenvalue weighted by atomic mass is 10.0. The number of hydrogen-bond acceptors (Lipinski definition) is 8. The molecule has 0 fully saturated rings. The van der Waals surface area contributed by atoms with E-state index in [2.05, 4.69) is 16.0 Å². The molecule has 10 N–H and O–H groups in total. The fourth-order valence-corrected chi connectivity index (χ4v) is 2.66. The van der Waals surface area contributed by atoms with Crippen molar-refractivity contribution in [2.24, 2.45) is 17.4 Å². The van der Waals surface area contributed by atoms with Crippen LogP contribution in [0.3, 0.4) is 0 Å². The summed E-state index contributed by atoms with van der Waals surface area (Å²) in [6, 6.07) is -5.02. The van der Waals surface area contributed by atoms with Crippen LogP contribution >= 0.6 is 0 Å². The highest BCUT2D eigenvalue weighted by Crippen LogP contribution is 2.06. The van der Waals surface area contributed by atoms with Crippen molar-refractivity contribution in [3.63, 3.8) is 0 Å². The van der Waals surface area contributed by atoms with Crippen LogP contribution < -0.4 is 27.4 Å². The van der Waals surface area contributed by atoms with Crippen LogP contribution in [0.5, 0.6) is 0 Å². The molecule has 0 radical (unpaired) electrons. The molecular formula is C19H37N5O7. The lowest BCUT2D eigenvalue weighted by Crippen LogP contribution is -2.61. The van der Waals surface area contributed by atoms with Crippen molar-refractivity contribution in [3.8, 4) is 0 Å². The highest BCUT2D eigenvalue weighted by molar-refractivity contribution is 5.94. The van der Waals surface area contributed by atoms with E-state index in [1.807, 2.05) is 0 Å². The van der Waals surface area contributed by atoms with Crippen LogP contribution in [-0.2, 0) is 19.2 Å². The van der Waals surface area contributed by atoms with Crippen LogP contribution in [0.25, 0.3) is 0 Å². The van der Waals surface area contributed by atoms with Gasteiger partial charge in [0.05, 0.1) is 12.2 Å². The molecule has 3 amide bonds. The fourth-order valence-electron chi connectivity index (χ4n) is 2.66. The molecule has 0 aliphatic heterocycles. The standard InChI is InChI=1S/C19H37N5O7/c1-9(2)14(23-16(27)13(21)10(3)25)17(28)24-15(11(4)26)18(29)22-12(19(30)31)7-5-6-8-20/h9-15,25-26H,5-8,20-21H2,1-4H3,(H,22,29)(H,23,27)(H,24,28)(H,30,31). The number of rotatable bonds is 14. The number of carbonyl (C=O) groups excluding carboxylic acids is 3. The molecule has 0 aromatic heterocycles. The topological polar surface area (TPSA) is 217 Å². The van der Waals surface area contributed by atoms with E-state index in [1.54, 1.807) is 13.8 Å². The summed E-state index contributed by atoms with van der Waals surface area (Å²) < 4.78 is 0. The Morgan fingerprint density at radius 3 is 1.74 bits per heavy atom. The molecule has 0 saturated carbocycles. The van der Waals surface area contributed by atoms with Gasteiger partial charge in [0.25, 0.3) is 0 Å². The molecule has 0 spiro atoms. The number of hydrogen-bond donors (Lipinski definition) is 8. The number of carboxylic acids is 1. The maximum atomic E-state index is 12.7. The van der Waals surface area contributed by atoms with Crippen molar-refractivity contribution in [2.75, 3.05) is 6.54 Å². The van der Waals surface area contributed by atoms with Gasteiger partial charge in [-0.15, -0.1) is 0 Å². The van der Waals surface area contributed by atoms with Crippen LogP contribution in [0.1, 0.15) is 47.0 Å². The van der Waals surface area contributed by atoms with E-state index in [-0.39, 0.29) is 6.42 Å². The molecule has 0 rings (SSSR count). The van der Waals surface area contributed by atoms with Crippen LogP contribution in [0.2, 0.25) is 0 Å². The summed E-state index contributed by atoms with van der Waals surface area (Å²) in [6.45, 7) is 6.27. The van der Waals surface area contributed by atoms with E-state index in [9.17, 15) is 34.5 Å². The van der Waals surface area contributed by atoms with Gasteiger partial charge in [-0.2, -0.15) is 0 Å². The molecule has 6 unspecified atom stereocenters. The van der Waals surface area contributed by atoms with E-state index in [1.165, 1.54) is 13.8 Å². The van der Waals surface area contributed by atoms with E-state index < -0.39 is 66.0 Å². The minimum atomic E-state index is -1.45. The molecule has 0 aliphatic rings. The number of nitrogens with two attached hydrogens (primary N) is 2. The number of aliphatic hydroxyl groups excluding tert-OH is 2. The Morgan fingerprint density at radius 1 is 0.806 bits per heavy atom. The first-order chi connectivity index (χ1) is 14.3. The largest absolute Gasteiger partial charge is 0.480 e. The second-order valence-corrected chi connectivity index (χ2v) is 7.91. The van der Waals surface area contributed by atoms with Crippen LogP contribution in [0.4, 0.5) is 0 Å². The summed E-state index contributed by atoms with van der Waals surface area (Å²) in [5.74, 6) is -4.06. The smallest absolute Gasteiger partial charge is 0.326 e. The number of unbranched alkanes of at least 4 members (excludes halogenated alkanes) is 1. The van der Waals surface area contributed by atoms with Gasteiger partial charge in [0.2, 0.25) is 17.7 Å². The maximum Gasteiger partial charge on any atom is 0.326 e. The molecule has 6 atom stereocenters. The SMILES string of the molecule is CC(C)C(NC(=O)C(N)C(C)O)C(=O)NC(C(=O)NC(CCCCN)C(=O)O)C(C)O. The van der Waals surface area contributed by atoms with Gasteiger partial charge in [0.15, 0.2) is 0 Å². The zero-order chi connectivity index (χ0) is 24.3. The van der Waals surface area contributed by atoms with Crippen LogP contribution in [0.15, 0.2) is 0 Å². The van der Waals surface area contributed by atoms with Gasteiger partial charge in [0.1, 0.15) is 24.2 Å². The van der Waals surface area contributed by atoms with Crippen molar-refractivity contribution >= 4 is 23.7 Å². The number of amides is 3. The predicted octanol–water partition coefficient (Wildman–Crippen LogP) is -2.60. The number of nitrogens with one attached hydrogen (secondary N) is 3. The third-order valence-corrected chi connectivity index (χ3v) is 4.69. The summed E-state index contributed by atoms with van der Waals surface area (Å²) in [5, 5.41) is 35.8. The summed E-state index contributed by atoms with van der Waals surface area (Å²) in [6.07, 6.45) is -1.28.